The Labute approximate surface area is 222 Å². The second-order valence-corrected chi connectivity index (χ2v) is 10.3. The van der Waals surface area contributed by atoms with Crippen LogP contribution in [0.5, 0.6) is 0 Å². The normalized spacial score (nSPS) is 18.4. The van der Waals surface area contributed by atoms with E-state index in [2.05, 4.69) is 22.5 Å². The van der Waals surface area contributed by atoms with Gasteiger partial charge in [-0.3, -0.25) is 19.3 Å². The maximum atomic E-state index is 13.2. The Bertz CT molecular complexity index is 1440. The van der Waals surface area contributed by atoms with Crippen molar-refractivity contribution in [3.63, 3.8) is 0 Å². The fourth-order valence-electron chi connectivity index (χ4n) is 5.81. The molecule has 1 aliphatic heterocycles. The summed E-state index contributed by atoms with van der Waals surface area (Å²) >= 11 is 0. The van der Waals surface area contributed by atoms with E-state index in [-0.39, 0.29) is 17.3 Å². The molecule has 1 aliphatic carbocycles. The van der Waals surface area contributed by atoms with Crippen LogP contribution in [0.1, 0.15) is 55.5 Å². The predicted molar refractivity (Wildman–Crippen MR) is 149 cm³/mol. The highest BCUT2D eigenvalue weighted by Gasteiger charge is 2.51. The van der Waals surface area contributed by atoms with E-state index in [1.165, 1.54) is 13.5 Å². The molecule has 1 atom stereocenters. The molecule has 38 heavy (non-hydrogen) atoms. The summed E-state index contributed by atoms with van der Waals surface area (Å²) in [6.45, 7) is 7.36. The van der Waals surface area contributed by atoms with Crippen LogP contribution in [0, 0.1) is 0 Å². The summed E-state index contributed by atoms with van der Waals surface area (Å²) in [5.74, 6) is -0.294. The maximum absolute atomic E-state index is 13.2. The number of anilines is 1. The van der Waals surface area contributed by atoms with Crippen molar-refractivity contribution in [2.45, 2.75) is 57.5 Å². The molecule has 4 N–H and O–H groups in total. The third-order valence-electron chi connectivity index (χ3n) is 8.24. The zero-order valence-electron chi connectivity index (χ0n) is 22.3. The minimum absolute atomic E-state index is 0.0657. The van der Waals surface area contributed by atoms with Crippen molar-refractivity contribution in [1.82, 2.24) is 25.1 Å². The number of carbonyl (C=O) groups excluding carboxylic acids is 2. The van der Waals surface area contributed by atoms with Crippen LogP contribution in [0.15, 0.2) is 41.2 Å². The van der Waals surface area contributed by atoms with Crippen molar-refractivity contribution < 1.29 is 9.59 Å². The molecule has 0 spiro atoms. The number of aryl methyl sites for hydroxylation is 1. The molecule has 5 rings (SSSR count). The van der Waals surface area contributed by atoms with Crippen LogP contribution in [0.3, 0.4) is 0 Å². The van der Waals surface area contributed by atoms with Gasteiger partial charge in [-0.05, 0) is 63.4 Å². The van der Waals surface area contributed by atoms with E-state index < -0.39 is 16.8 Å². The minimum Gasteiger partial charge on any atom is -0.384 e. The summed E-state index contributed by atoms with van der Waals surface area (Å²) in [6.07, 6.45) is 4.04. The fraction of sp³-hybridized carbons (Fsp3) is 0.448. The van der Waals surface area contributed by atoms with Gasteiger partial charge in [0, 0.05) is 31.7 Å². The van der Waals surface area contributed by atoms with Gasteiger partial charge in [-0.1, -0.05) is 31.2 Å². The fourth-order valence-corrected chi connectivity index (χ4v) is 5.81. The number of fused-ring (bicyclic) bond motifs is 1. The van der Waals surface area contributed by atoms with Crippen molar-refractivity contribution in [3.05, 3.63) is 57.7 Å². The Hall–Kier alpha value is -3.72. The summed E-state index contributed by atoms with van der Waals surface area (Å²) < 4.78 is 1.69. The molecule has 2 aromatic heterocycles. The molecule has 3 aromatic rings. The summed E-state index contributed by atoms with van der Waals surface area (Å²) in [4.78, 5) is 45.7. The van der Waals surface area contributed by atoms with Crippen LogP contribution in [0.25, 0.3) is 22.3 Å². The lowest BCUT2D eigenvalue weighted by Gasteiger charge is -2.24. The molecule has 2 fully saturated rings. The second kappa shape index (κ2) is 10.2. The number of likely N-dealkylation sites (tertiary alicyclic amines) is 1. The summed E-state index contributed by atoms with van der Waals surface area (Å²) in [5, 5.41) is 6.07. The molecule has 0 bridgehead atoms. The molecule has 9 heteroatoms. The maximum Gasteiger partial charge on any atom is 0.258 e. The number of nitrogens with two attached hydrogens (primary N) is 1. The largest absolute Gasteiger partial charge is 0.384 e. The van der Waals surface area contributed by atoms with Crippen LogP contribution >= 0.6 is 0 Å². The van der Waals surface area contributed by atoms with Crippen LogP contribution in [0.2, 0.25) is 0 Å². The molecule has 0 radical (unpaired) electrons. The number of aromatic nitrogens is 2. The van der Waals surface area contributed by atoms with E-state index in [0.29, 0.717) is 35.9 Å². The van der Waals surface area contributed by atoms with Gasteiger partial charge in [-0.15, -0.1) is 0 Å². The van der Waals surface area contributed by atoms with Crippen molar-refractivity contribution in [2.75, 3.05) is 32.4 Å². The lowest BCUT2D eigenvalue weighted by molar-refractivity contribution is -0.123. The number of benzene rings is 1. The highest BCUT2D eigenvalue weighted by atomic mass is 16.2. The number of hydrogen-bond donors (Lipinski definition) is 3. The van der Waals surface area contributed by atoms with Gasteiger partial charge in [0.1, 0.15) is 17.0 Å². The van der Waals surface area contributed by atoms with Crippen molar-refractivity contribution >= 4 is 28.7 Å². The van der Waals surface area contributed by atoms with E-state index in [9.17, 15) is 14.4 Å². The Morgan fingerprint density at radius 3 is 2.47 bits per heavy atom. The van der Waals surface area contributed by atoms with Crippen LogP contribution in [-0.2, 0) is 16.8 Å². The first kappa shape index (κ1) is 25.9. The first-order valence-electron chi connectivity index (χ1n) is 13.5. The molecule has 2 aliphatic rings. The number of rotatable bonds is 8. The molecular formula is C29H36N6O3. The summed E-state index contributed by atoms with van der Waals surface area (Å²) in [5.41, 5.74) is 8.31. The predicted octanol–water partition coefficient (Wildman–Crippen LogP) is 2.66. The Morgan fingerprint density at radius 1 is 1.11 bits per heavy atom. The molecule has 1 aromatic carbocycles. The smallest absolute Gasteiger partial charge is 0.258 e. The van der Waals surface area contributed by atoms with E-state index in [4.69, 9.17) is 10.7 Å². The van der Waals surface area contributed by atoms with E-state index in [1.54, 1.807) is 16.7 Å². The molecule has 3 heterocycles. The molecule has 1 saturated heterocycles. The van der Waals surface area contributed by atoms with Crippen LogP contribution in [0.4, 0.5) is 5.82 Å². The zero-order chi connectivity index (χ0) is 27.0. The zero-order valence-corrected chi connectivity index (χ0v) is 22.3. The molecule has 9 nitrogen and oxygen atoms in total. The third kappa shape index (κ3) is 4.34. The van der Waals surface area contributed by atoms with Crippen LogP contribution in [-0.4, -0.2) is 59.0 Å². The van der Waals surface area contributed by atoms with Gasteiger partial charge in [-0.2, -0.15) is 0 Å². The highest BCUT2D eigenvalue weighted by Crippen LogP contribution is 2.48. The number of nitrogens with one attached hydrogen (secondary N) is 2. The highest BCUT2D eigenvalue weighted by molar-refractivity contribution is 6.01. The van der Waals surface area contributed by atoms with E-state index >= 15 is 0 Å². The first-order valence-corrected chi connectivity index (χ1v) is 13.5. The van der Waals surface area contributed by atoms with Gasteiger partial charge in [0.25, 0.3) is 5.91 Å². The lowest BCUT2D eigenvalue weighted by Crippen LogP contribution is -2.43. The number of likely N-dealkylation sites (N-methyl/N-ethyl adjacent to an activating group) is 1. The van der Waals surface area contributed by atoms with Crippen molar-refractivity contribution in [1.29, 1.82) is 0 Å². The molecule has 0 unspecified atom stereocenters. The van der Waals surface area contributed by atoms with E-state index in [0.717, 1.165) is 43.5 Å². The standard InChI is InChI=1S/C29H36N6O3/c1-4-34-16-6-7-20(34)17-32-28(38)29(14-15-29)19-10-8-18(9-11-19)22-13-12-21-24(36)23(27(37)31-3)25(30)35(5-2)26(21)33-22/h8-13,20H,4-7,14-17,30H2,1-3H3,(H,31,37)(H,32,38)/t20-/m1/s1. The minimum atomic E-state index is -0.514. The molecule has 2 amide bonds. The van der Waals surface area contributed by atoms with Gasteiger partial charge in [0.05, 0.1) is 16.5 Å². The molecule has 200 valence electrons. The summed E-state index contributed by atoms with van der Waals surface area (Å²) in [7, 11) is 1.47. The SMILES string of the molecule is CCN1CCC[C@@H]1CNC(=O)C1(c2ccc(-c3ccc4c(=O)c(C(=O)NC)c(N)n(CC)c4n3)cc2)CC1. The average Bonchev–Trinajstić information content (AvgIpc) is 3.63. The number of nitrogen functional groups attached to an aromatic ring is 1. The second-order valence-electron chi connectivity index (χ2n) is 10.3. The van der Waals surface area contributed by atoms with Gasteiger partial charge in [0.2, 0.25) is 11.3 Å². The van der Waals surface area contributed by atoms with Crippen molar-refractivity contribution in [2.24, 2.45) is 0 Å². The Kier molecular flexibility index (Phi) is 6.96. The third-order valence-corrected chi connectivity index (χ3v) is 8.24. The number of hydrogen-bond acceptors (Lipinski definition) is 6. The monoisotopic (exact) mass is 516 g/mol. The van der Waals surface area contributed by atoms with Gasteiger partial charge in [-0.25, -0.2) is 4.98 Å². The van der Waals surface area contributed by atoms with Crippen LogP contribution < -0.4 is 21.8 Å². The average molecular weight is 517 g/mol. The number of pyridine rings is 2. The van der Waals surface area contributed by atoms with Gasteiger partial charge >= 0.3 is 0 Å². The van der Waals surface area contributed by atoms with E-state index in [1.807, 2.05) is 31.2 Å². The Morgan fingerprint density at radius 2 is 1.84 bits per heavy atom. The number of carbonyl (C=O) groups is 2. The van der Waals surface area contributed by atoms with Gasteiger partial charge < -0.3 is 20.9 Å². The number of amides is 2. The first-order chi connectivity index (χ1) is 18.3. The molecular weight excluding hydrogens is 480 g/mol. The Balaban J connectivity index is 1.40. The van der Waals surface area contributed by atoms with Crippen molar-refractivity contribution in [3.8, 4) is 11.3 Å². The van der Waals surface area contributed by atoms with Gasteiger partial charge in [0.15, 0.2) is 0 Å². The lowest BCUT2D eigenvalue weighted by atomic mass is 9.93. The molecule has 1 saturated carbocycles. The summed E-state index contributed by atoms with van der Waals surface area (Å²) in [6, 6.07) is 11.9. The topological polar surface area (TPSA) is 122 Å². The number of nitrogens with zero attached hydrogens (tertiary/aromatic N) is 3. The quantitative estimate of drug-likeness (QED) is 0.423.